The molecule has 0 aliphatic heterocycles. The summed E-state index contributed by atoms with van der Waals surface area (Å²) >= 11 is 0. The maximum atomic E-state index is 10.8. The lowest BCUT2D eigenvalue weighted by molar-refractivity contribution is -0.539. The fourth-order valence-corrected chi connectivity index (χ4v) is 1.41. The molecule has 0 aromatic rings. The molecule has 72 valence electrons. The van der Waals surface area contributed by atoms with E-state index in [9.17, 15) is 10.1 Å². The highest BCUT2D eigenvalue weighted by atomic mass is 16.6. The third-order valence-corrected chi connectivity index (χ3v) is 2.86. The van der Waals surface area contributed by atoms with Crippen LogP contribution in [0, 0.1) is 10.1 Å². The molecule has 2 N–H and O–H groups in total. The van der Waals surface area contributed by atoms with Crippen LogP contribution in [0.1, 0.15) is 20.8 Å². The molecule has 0 aromatic carbocycles. The molecule has 13 heavy (non-hydrogen) atoms. The lowest BCUT2D eigenvalue weighted by Crippen LogP contribution is -2.39. The van der Waals surface area contributed by atoms with Crippen LogP contribution in [-0.2, 0) is 0 Å². The predicted molar refractivity (Wildman–Crippen MR) is 50.9 cm³/mol. The van der Waals surface area contributed by atoms with Crippen molar-refractivity contribution in [2.24, 2.45) is 5.73 Å². The topological polar surface area (TPSA) is 69.2 Å². The number of hydrogen-bond donors (Lipinski definition) is 1. The van der Waals surface area contributed by atoms with Crippen molar-refractivity contribution < 1.29 is 4.92 Å². The van der Waals surface area contributed by atoms with Crippen molar-refractivity contribution >= 4 is 0 Å². The highest BCUT2D eigenvalue weighted by Crippen LogP contribution is 2.29. The quantitative estimate of drug-likeness (QED) is 0.377. The predicted octanol–water partition coefficient (Wildman–Crippen LogP) is 1.26. The highest BCUT2D eigenvalue weighted by Gasteiger charge is 2.40. The number of nitrogens with zero attached hydrogens (tertiary/aromatic N) is 1. The zero-order valence-corrected chi connectivity index (χ0v) is 8.07. The average Bonchev–Trinajstić information content (AvgIpc) is 2.08. The van der Waals surface area contributed by atoms with Gasteiger partial charge in [-0.2, -0.15) is 0 Å². The molecule has 0 saturated heterocycles. The Kier molecular flexibility index (Phi) is 2.26. The van der Waals surface area contributed by atoms with Crippen molar-refractivity contribution in [3.63, 3.8) is 0 Å². The van der Waals surface area contributed by atoms with Gasteiger partial charge in [-0.3, -0.25) is 10.1 Å². The Labute approximate surface area is 77.3 Å². The number of nitro groups is 1. The zero-order valence-electron chi connectivity index (χ0n) is 8.07. The number of hydrogen-bond acceptors (Lipinski definition) is 3. The van der Waals surface area contributed by atoms with Gasteiger partial charge in [0.25, 0.3) is 5.54 Å². The fraction of sp³-hybridized carbons (Fsp3) is 0.556. The standard InChI is InChI=1S/C9H14N2O2/c1-6-7(2)9(3,11(12)13)5-4-8(6)10/h4-5,8H,10H2,1-3H3. The lowest BCUT2D eigenvalue weighted by Gasteiger charge is -2.26. The molecule has 0 heterocycles. The van der Waals surface area contributed by atoms with Crippen LogP contribution in [0.5, 0.6) is 0 Å². The van der Waals surface area contributed by atoms with Crippen LogP contribution in [0.4, 0.5) is 0 Å². The molecule has 0 bridgehead atoms. The second-order valence-corrected chi connectivity index (χ2v) is 3.60. The third kappa shape index (κ3) is 1.37. The molecule has 2 unspecified atom stereocenters. The molecule has 4 nitrogen and oxygen atoms in total. The van der Waals surface area contributed by atoms with Crippen LogP contribution in [0.3, 0.4) is 0 Å². The van der Waals surface area contributed by atoms with E-state index >= 15 is 0 Å². The lowest BCUT2D eigenvalue weighted by atomic mass is 9.83. The first-order valence-electron chi connectivity index (χ1n) is 4.17. The van der Waals surface area contributed by atoms with E-state index < -0.39 is 5.54 Å². The summed E-state index contributed by atoms with van der Waals surface area (Å²) in [6.07, 6.45) is 3.26. The molecule has 2 atom stereocenters. The van der Waals surface area contributed by atoms with Gasteiger partial charge in [0.05, 0.1) is 0 Å². The van der Waals surface area contributed by atoms with Gasteiger partial charge in [0, 0.05) is 23.5 Å². The van der Waals surface area contributed by atoms with Gasteiger partial charge in [-0.25, -0.2) is 0 Å². The van der Waals surface area contributed by atoms with Gasteiger partial charge in [0.2, 0.25) is 0 Å². The first-order valence-corrected chi connectivity index (χ1v) is 4.17. The summed E-state index contributed by atoms with van der Waals surface area (Å²) in [6.45, 7) is 5.20. The summed E-state index contributed by atoms with van der Waals surface area (Å²) in [5, 5.41) is 10.8. The SMILES string of the molecule is CC1=C(C)C(C)([N+](=O)[O-])C=CC1N. The molecule has 1 rings (SSSR count). The molecule has 0 saturated carbocycles. The van der Waals surface area contributed by atoms with Crippen LogP contribution in [-0.4, -0.2) is 16.5 Å². The maximum absolute atomic E-state index is 10.8. The van der Waals surface area contributed by atoms with E-state index in [4.69, 9.17) is 5.73 Å². The maximum Gasteiger partial charge on any atom is 0.258 e. The van der Waals surface area contributed by atoms with Crippen LogP contribution in [0.2, 0.25) is 0 Å². The first-order chi connectivity index (χ1) is 5.89. The van der Waals surface area contributed by atoms with Gasteiger partial charge >= 0.3 is 0 Å². The van der Waals surface area contributed by atoms with E-state index in [0.29, 0.717) is 0 Å². The second-order valence-electron chi connectivity index (χ2n) is 3.60. The summed E-state index contributed by atoms with van der Waals surface area (Å²) in [5.74, 6) is 0. The first kappa shape index (κ1) is 9.92. The molecule has 0 amide bonds. The molecular weight excluding hydrogens is 168 g/mol. The summed E-state index contributed by atoms with van der Waals surface area (Å²) in [5.41, 5.74) is 6.29. The normalized spacial score (nSPS) is 33.7. The minimum absolute atomic E-state index is 0.173. The Morgan fingerprint density at radius 2 is 2.15 bits per heavy atom. The molecular formula is C9H14N2O2. The minimum Gasteiger partial charge on any atom is -0.321 e. The number of nitrogens with two attached hydrogens (primary N) is 1. The third-order valence-electron chi connectivity index (χ3n) is 2.86. The Hall–Kier alpha value is -1.16. The van der Waals surface area contributed by atoms with Crippen molar-refractivity contribution in [1.29, 1.82) is 0 Å². The molecule has 0 fully saturated rings. The number of rotatable bonds is 1. The zero-order chi connectivity index (χ0) is 10.2. The van der Waals surface area contributed by atoms with Crippen LogP contribution >= 0.6 is 0 Å². The molecule has 1 aliphatic carbocycles. The van der Waals surface area contributed by atoms with Gasteiger partial charge in [0.15, 0.2) is 0 Å². The summed E-state index contributed by atoms with van der Waals surface area (Å²) < 4.78 is 0. The Bertz CT molecular complexity index is 307. The summed E-state index contributed by atoms with van der Waals surface area (Å²) in [4.78, 5) is 10.5. The molecule has 0 radical (unpaired) electrons. The Morgan fingerprint density at radius 3 is 2.62 bits per heavy atom. The fourth-order valence-electron chi connectivity index (χ4n) is 1.41. The largest absolute Gasteiger partial charge is 0.321 e. The van der Waals surface area contributed by atoms with Crippen LogP contribution in [0.25, 0.3) is 0 Å². The monoisotopic (exact) mass is 182 g/mol. The summed E-state index contributed by atoms with van der Waals surface area (Å²) in [6, 6.07) is -0.173. The van der Waals surface area contributed by atoms with Crippen molar-refractivity contribution in [3.8, 4) is 0 Å². The minimum atomic E-state index is -1.07. The van der Waals surface area contributed by atoms with E-state index in [2.05, 4.69) is 0 Å². The molecule has 0 aromatic heterocycles. The van der Waals surface area contributed by atoms with Gasteiger partial charge < -0.3 is 5.73 Å². The van der Waals surface area contributed by atoms with Gasteiger partial charge in [-0.05, 0) is 25.5 Å². The smallest absolute Gasteiger partial charge is 0.258 e. The molecule has 4 heteroatoms. The van der Waals surface area contributed by atoms with Crippen molar-refractivity contribution in [1.82, 2.24) is 0 Å². The second kappa shape index (κ2) is 2.96. The van der Waals surface area contributed by atoms with E-state index in [-0.39, 0.29) is 11.0 Å². The summed E-state index contributed by atoms with van der Waals surface area (Å²) in [7, 11) is 0. The van der Waals surface area contributed by atoms with Crippen molar-refractivity contribution in [3.05, 3.63) is 33.4 Å². The van der Waals surface area contributed by atoms with Gasteiger partial charge in [-0.15, -0.1) is 0 Å². The molecule has 0 spiro atoms. The molecule has 1 aliphatic rings. The van der Waals surface area contributed by atoms with E-state index in [1.54, 1.807) is 26.0 Å². The Balaban J connectivity index is 3.18. The van der Waals surface area contributed by atoms with Gasteiger partial charge in [-0.1, -0.05) is 6.08 Å². The Morgan fingerprint density at radius 1 is 1.62 bits per heavy atom. The van der Waals surface area contributed by atoms with Crippen molar-refractivity contribution in [2.75, 3.05) is 0 Å². The van der Waals surface area contributed by atoms with Gasteiger partial charge in [0.1, 0.15) is 0 Å². The van der Waals surface area contributed by atoms with E-state index in [1.807, 2.05) is 6.92 Å². The van der Waals surface area contributed by atoms with Crippen molar-refractivity contribution in [2.45, 2.75) is 32.4 Å². The van der Waals surface area contributed by atoms with Crippen LogP contribution < -0.4 is 5.73 Å². The van der Waals surface area contributed by atoms with E-state index in [1.165, 1.54) is 0 Å². The van der Waals surface area contributed by atoms with Crippen LogP contribution in [0.15, 0.2) is 23.3 Å². The average molecular weight is 182 g/mol. The highest BCUT2D eigenvalue weighted by molar-refractivity contribution is 5.36. The van der Waals surface area contributed by atoms with E-state index in [0.717, 1.165) is 11.1 Å².